The van der Waals surface area contributed by atoms with E-state index in [2.05, 4.69) is 29.1 Å². The summed E-state index contributed by atoms with van der Waals surface area (Å²) in [6.07, 6.45) is 5.66. The van der Waals surface area contributed by atoms with E-state index in [1.165, 1.54) is 12.8 Å². The van der Waals surface area contributed by atoms with Crippen LogP contribution < -0.4 is 4.74 Å². The first-order chi connectivity index (χ1) is 9.83. The van der Waals surface area contributed by atoms with E-state index in [0.717, 1.165) is 41.9 Å². The summed E-state index contributed by atoms with van der Waals surface area (Å²) in [5.41, 5.74) is 1.15. The van der Waals surface area contributed by atoms with Gasteiger partial charge in [0.05, 0.1) is 6.61 Å². The van der Waals surface area contributed by atoms with Crippen LogP contribution in [0.5, 0.6) is 5.75 Å². The molecule has 0 spiro atoms. The number of thiazole rings is 1. The lowest BCUT2D eigenvalue weighted by Crippen LogP contribution is -2.23. The van der Waals surface area contributed by atoms with Crippen LogP contribution in [0.25, 0.3) is 10.6 Å². The van der Waals surface area contributed by atoms with Crippen LogP contribution in [0.3, 0.4) is 0 Å². The van der Waals surface area contributed by atoms with Gasteiger partial charge in [-0.15, -0.1) is 11.3 Å². The van der Waals surface area contributed by atoms with E-state index in [0.29, 0.717) is 0 Å². The Morgan fingerprint density at radius 1 is 1.30 bits per heavy atom. The topological polar surface area (TPSA) is 25.4 Å². The maximum atomic E-state index is 5.79. The molecule has 1 aromatic heterocycles. The Morgan fingerprint density at radius 3 is 2.75 bits per heavy atom. The van der Waals surface area contributed by atoms with Crippen LogP contribution in [0.15, 0.2) is 35.8 Å². The van der Waals surface area contributed by atoms with Crippen LogP contribution in [0.4, 0.5) is 0 Å². The highest BCUT2D eigenvalue weighted by Crippen LogP contribution is 2.26. The highest BCUT2D eigenvalue weighted by atomic mass is 32.1. The zero-order valence-electron chi connectivity index (χ0n) is 11.8. The van der Waals surface area contributed by atoms with E-state index in [9.17, 15) is 0 Å². The zero-order chi connectivity index (χ0) is 13.8. The van der Waals surface area contributed by atoms with Crippen LogP contribution in [0, 0.1) is 0 Å². The highest BCUT2D eigenvalue weighted by Gasteiger charge is 2.25. The van der Waals surface area contributed by atoms with Crippen molar-refractivity contribution in [1.29, 1.82) is 0 Å². The number of benzene rings is 1. The van der Waals surface area contributed by atoms with Crippen molar-refractivity contribution in [2.24, 2.45) is 0 Å². The third kappa shape index (κ3) is 3.58. The summed E-state index contributed by atoms with van der Waals surface area (Å²) in [4.78, 5) is 6.74. The molecule has 0 bridgehead atoms. The molecule has 106 valence electrons. The van der Waals surface area contributed by atoms with Gasteiger partial charge < -0.3 is 9.64 Å². The number of aromatic nitrogens is 1. The molecule has 2 aromatic rings. The molecule has 0 saturated heterocycles. The van der Waals surface area contributed by atoms with E-state index >= 15 is 0 Å². The summed E-state index contributed by atoms with van der Waals surface area (Å²) >= 11 is 1.66. The van der Waals surface area contributed by atoms with Crippen molar-refractivity contribution in [2.75, 3.05) is 20.2 Å². The first-order valence-electron chi connectivity index (χ1n) is 7.16. The molecule has 1 aromatic carbocycles. The second-order valence-electron chi connectivity index (χ2n) is 5.28. The summed E-state index contributed by atoms with van der Waals surface area (Å²) < 4.78 is 5.79. The molecule has 3 nitrogen and oxygen atoms in total. The molecular weight excluding hydrogens is 268 g/mol. The fraction of sp³-hybridized carbons (Fsp3) is 0.438. The normalized spacial score (nSPS) is 14.7. The maximum Gasteiger partial charge on any atom is 0.123 e. The van der Waals surface area contributed by atoms with Gasteiger partial charge in [0.25, 0.3) is 0 Å². The first-order valence-corrected chi connectivity index (χ1v) is 8.04. The number of nitrogens with zero attached hydrogens (tertiary/aromatic N) is 2. The van der Waals surface area contributed by atoms with Gasteiger partial charge in [-0.05, 0) is 50.6 Å². The van der Waals surface area contributed by atoms with Gasteiger partial charge >= 0.3 is 0 Å². The Balaban J connectivity index is 1.43. The maximum absolute atomic E-state index is 5.79. The lowest BCUT2D eigenvalue weighted by molar-refractivity contribution is 0.258. The molecule has 4 heteroatoms. The molecule has 1 fully saturated rings. The molecule has 1 aliphatic carbocycles. The molecule has 0 N–H and O–H groups in total. The van der Waals surface area contributed by atoms with Crippen molar-refractivity contribution < 1.29 is 4.74 Å². The van der Waals surface area contributed by atoms with Crippen LogP contribution in [0.1, 0.15) is 19.3 Å². The number of hydrogen-bond donors (Lipinski definition) is 0. The van der Waals surface area contributed by atoms with Crippen LogP contribution >= 0.6 is 11.3 Å². The van der Waals surface area contributed by atoms with Crippen LogP contribution in [0.2, 0.25) is 0 Å². The molecule has 1 aliphatic rings. The average molecular weight is 288 g/mol. The molecule has 0 atom stereocenters. The van der Waals surface area contributed by atoms with E-state index in [1.54, 1.807) is 11.3 Å². The van der Waals surface area contributed by atoms with Crippen LogP contribution in [-0.4, -0.2) is 36.1 Å². The average Bonchev–Trinajstić information content (AvgIpc) is 3.19. The van der Waals surface area contributed by atoms with E-state index < -0.39 is 0 Å². The third-order valence-corrected chi connectivity index (χ3v) is 4.45. The largest absolute Gasteiger partial charge is 0.494 e. The molecule has 0 aliphatic heterocycles. The summed E-state index contributed by atoms with van der Waals surface area (Å²) in [7, 11) is 2.21. The fourth-order valence-corrected chi connectivity index (χ4v) is 2.91. The molecule has 0 unspecified atom stereocenters. The predicted molar refractivity (Wildman–Crippen MR) is 83.3 cm³/mol. The van der Waals surface area contributed by atoms with Crippen molar-refractivity contribution in [1.82, 2.24) is 9.88 Å². The zero-order valence-corrected chi connectivity index (χ0v) is 12.6. The molecule has 0 radical (unpaired) electrons. The molecule has 3 rings (SSSR count). The van der Waals surface area contributed by atoms with Crippen molar-refractivity contribution in [3.63, 3.8) is 0 Å². The molecule has 20 heavy (non-hydrogen) atoms. The van der Waals surface area contributed by atoms with Gasteiger partial charge in [-0.2, -0.15) is 0 Å². The molecule has 1 saturated carbocycles. The van der Waals surface area contributed by atoms with E-state index in [4.69, 9.17) is 4.74 Å². The number of ether oxygens (including phenoxy) is 1. The summed E-state index contributed by atoms with van der Waals surface area (Å²) in [5.74, 6) is 0.944. The highest BCUT2D eigenvalue weighted by molar-refractivity contribution is 7.13. The Bertz CT molecular complexity index is 520. The Hall–Kier alpha value is -1.39. The number of rotatable bonds is 7. The van der Waals surface area contributed by atoms with Gasteiger partial charge in [-0.1, -0.05) is 0 Å². The molecular formula is C16H20N2OS. The molecule has 0 amide bonds. The van der Waals surface area contributed by atoms with Gasteiger partial charge in [0, 0.05) is 29.7 Å². The lowest BCUT2D eigenvalue weighted by atomic mass is 10.2. The van der Waals surface area contributed by atoms with Crippen molar-refractivity contribution in [2.45, 2.75) is 25.3 Å². The smallest absolute Gasteiger partial charge is 0.123 e. The van der Waals surface area contributed by atoms with Gasteiger partial charge in [0.2, 0.25) is 0 Å². The SMILES string of the molecule is CN(CCCOc1ccc(-c2nccs2)cc1)C1CC1. The van der Waals surface area contributed by atoms with Crippen molar-refractivity contribution in [3.05, 3.63) is 35.8 Å². The van der Waals surface area contributed by atoms with Gasteiger partial charge in [-0.3, -0.25) is 0 Å². The summed E-state index contributed by atoms with van der Waals surface area (Å²) in [6, 6.07) is 9.05. The fourth-order valence-electron chi connectivity index (χ4n) is 2.26. The number of hydrogen-bond acceptors (Lipinski definition) is 4. The molecule has 1 heterocycles. The van der Waals surface area contributed by atoms with Crippen molar-refractivity contribution in [3.8, 4) is 16.3 Å². The van der Waals surface area contributed by atoms with Gasteiger partial charge in [0.1, 0.15) is 10.8 Å². The second-order valence-corrected chi connectivity index (χ2v) is 6.17. The first kappa shape index (κ1) is 13.6. The van der Waals surface area contributed by atoms with E-state index in [1.807, 2.05) is 23.7 Å². The van der Waals surface area contributed by atoms with Gasteiger partial charge in [0.15, 0.2) is 0 Å². The third-order valence-electron chi connectivity index (χ3n) is 3.63. The Labute approximate surface area is 124 Å². The summed E-state index contributed by atoms with van der Waals surface area (Å²) in [6.45, 7) is 1.91. The predicted octanol–water partition coefficient (Wildman–Crippen LogP) is 3.67. The quantitative estimate of drug-likeness (QED) is 0.727. The van der Waals surface area contributed by atoms with E-state index in [-0.39, 0.29) is 0 Å². The van der Waals surface area contributed by atoms with Crippen molar-refractivity contribution >= 4 is 11.3 Å². The second kappa shape index (κ2) is 6.37. The Kier molecular flexibility index (Phi) is 4.33. The van der Waals surface area contributed by atoms with Crippen LogP contribution in [-0.2, 0) is 0 Å². The minimum Gasteiger partial charge on any atom is -0.494 e. The Morgan fingerprint density at radius 2 is 2.10 bits per heavy atom. The van der Waals surface area contributed by atoms with Gasteiger partial charge in [-0.25, -0.2) is 4.98 Å². The minimum atomic E-state index is 0.785. The summed E-state index contributed by atoms with van der Waals surface area (Å²) in [5, 5.41) is 3.05. The minimum absolute atomic E-state index is 0.785. The standard InChI is InChI=1S/C16H20N2OS/c1-18(14-5-6-14)10-2-11-19-15-7-3-13(4-8-15)16-17-9-12-20-16/h3-4,7-9,12,14H,2,5-6,10-11H2,1H3. The lowest BCUT2D eigenvalue weighted by Gasteiger charge is -2.15. The monoisotopic (exact) mass is 288 g/mol.